The molecule has 4 nitrogen and oxygen atoms in total. The minimum absolute atomic E-state index is 0.0427. The first-order valence-electron chi connectivity index (χ1n) is 6.55. The third kappa shape index (κ3) is 3.62. The smallest absolute Gasteiger partial charge is 0.374 e. The van der Waals surface area contributed by atoms with E-state index in [-0.39, 0.29) is 18.5 Å². The highest BCUT2D eigenvalue weighted by Gasteiger charge is 2.42. The number of nitro benzene ring substituents is 1. The van der Waals surface area contributed by atoms with Gasteiger partial charge in [-0.1, -0.05) is 12.5 Å². The maximum absolute atomic E-state index is 13.7. The minimum Gasteiger partial charge on any atom is -0.374 e. The summed E-state index contributed by atoms with van der Waals surface area (Å²) in [6.45, 7) is 0. The second kappa shape index (κ2) is 5.87. The molecule has 8 heteroatoms. The predicted molar refractivity (Wildman–Crippen MR) is 68.5 cm³/mol. The third-order valence-electron chi connectivity index (χ3n) is 3.67. The van der Waals surface area contributed by atoms with Gasteiger partial charge in [0.1, 0.15) is 5.69 Å². The van der Waals surface area contributed by atoms with Crippen molar-refractivity contribution in [3.05, 3.63) is 34.1 Å². The zero-order valence-electron chi connectivity index (χ0n) is 11.0. The Kier molecular flexibility index (Phi) is 4.34. The van der Waals surface area contributed by atoms with Crippen LogP contribution >= 0.6 is 0 Å². The van der Waals surface area contributed by atoms with Crippen LogP contribution in [0.2, 0.25) is 0 Å². The molecule has 0 spiro atoms. The molecule has 0 aromatic heterocycles. The van der Waals surface area contributed by atoms with E-state index in [2.05, 4.69) is 5.32 Å². The number of nitrogens with zero attached hydrogens (tertiary/aromatic N) is 1. The molecular weight excluding hydrogens is 292 g/mol. The van der Waals surface area contributed by atoms with Gasteiger partial charge in [-0.2, -0.15) is 13.2 Å². The molecular formula is C13H14F4N2O2. The molecule has 1 aliphatic rings. The second-order valence-electron chi connectivity index (χ2n) is 5.14. The molecule has 1 aromatic rings. The molecule has 1 N–H and O–H groups in total. The molecule has 21 heavy (non-hydrogen) atoms. The fourth-order valence-corrected chi connectivity index (χ4v) is 2.63. The van der Waals surface area contributed by atoms with E-state index < -0.39 is 34.6 Å². The van der Waals surface area contributed by atoms with Crippen molar-refractivity contribution in [2.24, 2.45) is 5.92 Å². The van der Waals surface area contributed by atoms with Crippen molar-refractivity contribution in [3.8, 4) is 0 Å². The van der Waals surface area contributed by atoms with Crippen LogP contribution in [0.1, 0.15) is 25.7 Å². The van der Waals surface area contributed by atoms with Crippen molar-refractivity contribution in [2.75, 3.05) is 5.32 Å². The first kappa shape index (κ1) is 15.5. The second-order valence-corrected chi connectivity index (χ2v) is 5.14. The highest BCUT2D eigenvalue weighted by Crippen LogP contribution is 2.39. The van der Waals surface area contributed by atoms with Gasteiger partial charge in [0.25, 0.3) is 5.69 Å². The van der Waals surface area contributed by atoms with Gasteiger partial charge in [0, 0.05) is 12.1 Å². The van der Waals surface area contributed by atoms with Crippen LogP contribution in [0.4, 0.5) is 28.9 Å². The predicted octanol–water partition coefficient (Wildman–Crippen LogP) is 4.27. The maximum Gasteiger partial charge on any atom is 0.391 e. The number of nitro groups is 1. The summed E-state index contributed by atoms with van der Waals surface area (Å²) in [6, 6.07) is 2.73. The molecule has 2 unspecified atom stereocenters. The summed E-state index contributed by atoms with van der Waals surface area (Å²) < 4.78 is 51.9. The molecule has 1 fully saturated rings. The Hall–Kier alpha value is -1.86. The molecule has 0 radical (unpaired) electrons. The van der Waals surface area contributed by atoms with Crippen LogP contribution in [0.25, 0.3) is 0 Å². The van der Waals surface area contributed by atoms with Crippen molar-refractivity contribution < 1.29 is 22.5 Å². The zero-order valence-corrected chi connectivity index (χ0v) is 11.0. The lowest BCUT2D eigenvalue weighted by atomic mass is 9.85. The van der Waals surface area contributed by atoms with Crippen LogP contribution in [-0.4, -0.2) is 17.1 Å². The Morgan fingerprint density at radius 3 is 2.62 bits per heavy atom. The van der Waals surface area contributed by atoms with Crippen LogP contribution in [0.15, 0.2) is 18.2 Å². The number of hydrogen-bond acceptors (Lipinski definition) is 3. The topological polar surface area (TPSA) is 55.2 Å². The number of nitrogens with one attached hydrogen (secondary N) is 1. The molecule has 2 rings (SSSR count). The normalized spacial score (nSPS) is 22.9. The van der Waals surface area contributed by atoms with Gasteiger partial charge in [-0.25, -0.2) is 4.39 Å². The van der Waals surface area contributed by atoms with Gasteiger partial charge in [-0.3, -0.25) is 10.1 Å². The van der Waals surface area contributed by atoms with E-state index in [1.54, 1.807) is 0 Å². The molecule has 0 bridgehead atoms. The first-order valence-corrected chi connectivity index (χ1v) is 6.55. The lowest BCUT2D eigenvalue weighted by Gasteiger charge is -2.31. The van der Waals surface area contributed by atoms with E-state index in [1.165, 1.54) is 6.07 Å². The molecule has 0 saturated heterocycles. The van der Waals surface area contributed by atoms with Crippen LogP contribution in [-0.2, 0) is 0 Å². The number of anilines is 1. The Morgan fingerprint density at radius 2 is 2.00 bits per heavy atom. The molecule has 0 amide bonds. The third-order valence-corrected chi connectivity index (χ3v) is 3.67. The molecule has 116 valence electrons. The lowest BCUT2D eigenvalue weighted by molar-refractivity contribution is -0.384. The average Bonchev–Trinajstić information content (AvgIpc) is 2.40. The standard InChI is InChI=1S/C13H14F4N2O2/c14-10-5-2-6-11(19(20)21)12(10)18-9-4-1-3-8(7-9)13(15,16)17/h2,5-6,8-9,18H,1,3-4,7H2. The number of rotatable bonds is 3. The number of halogens is 4. The Bertz CT molecular complexity index is 533. The summed E-state index contributed by atoms with van der Waals surface area (Å²) in [7, 11) is 0. The molecule has 0 heterocycles. The van der Waals surface area contributed by atoms with Gasteiger partial charge in [0.2, 0.25) is 0 Å². The van der Waals surface area contributed by atoms with Crippen LogP contribution in [0.5, 0.6) is 0 Å². The number of hydrogen-bond donors (Lipinski definition) is 1. The summed E-state index contributed by atoms with van der Waals surface area (Å²) in [6.07, 6.45) is -3.67. The number of alkyl halides is 3. The van der Waals surface area contributed by atoms with Crippen molar-refractivity contribution >= 4 is 11.4 Å². The van der Waals surface area contributed by atoms with Gasteiger partial charge in [-0.05, 0) is 25.3 Å². The average molecular weight is 306 g/mol. The highest BCUT2D eigenvalue weighted by molar-refractivity contribution is 5.62. The monoisotopic (exact) mass is 306 g/mol. The number of benzene rings is 1. The van der Waals surface area contributed by atoms with Crippen LogP contribution in [0, 0.1) is 21.8 Å². The lowest BCUT2D eigenvalue weighted by Crippen LogP contribution is -2.35. The Balaban J connectivity index is 2.17. The maximum atomic E-state index is 13.7. The molecule has 1 aliphatic carbocycles. The Morgan fingerprint density at radius 1 is 1.29 bits per heavy atom. The van der Waals surface area contributed by atoms with Gasteiger partial charge in [0.15, 0.2) is 5.82 Å². The van der Waals surface area contributed by atoms with Crippen LogP contribution in [0.3, 0.4) is 0 Å². The van der Waals surface area contributed by atoms with E-state index in [0.717, 1.165) is 12.1 Å². The van der Waals surface area contributed by atoms with E-state index >= 15 is 0 Å². The zero-order chi connectivity index (χ0) is 15.6. The van der Waals surface area contributed by atoms with E-state index in [9.17, 15) is 27.7 Å². The molecule has 2 atom stereocenters. The summed E-state index contributed by atoms with van der Waals surface area (Å²) in [5.41, 5.74) is -0.806. The van der Waals surface area contributed by atoms with Gasteiger partial charge in [-0.15, -0.1) is 0 Å². The van der Waals surface area contributed by atoms with E-state index in [4.69, 9.17) is 0 Å². The van der Waals surface area contributed by atoms with Gasteiger partial charge < -0.3 is 5.32 Å². The van der Waals surface area contributed by atoms with Gasteiger partial charge in [0.05, 0.1) is 10.8 Å². The van der Waals surface area contributed by atoms with Crippen molar-refractivity contribution in [2.45, 2.75) is 37.9 Å². The molecule has 1 saturated carbocycles. The van der Waals surface area contributed by atoms with E-state index in [0.29, 0.717) is 12.8 Å². The summed E-state index contributed by atoms with van der Waals surface area (Å²) in [5, 5.41) is 13.4. The molecule has 1 aromatic carbocycles. The SMILES string of the molecule is O=[N+]([O-])c1cccc(F)c1NC1CCCC(C(F)(F)F)C1. The highest BCUT2D eigenvalue weighted by atomic mass is 19.4. The molecule has 0 aliphatic heterocycles. The summed E-state index contributed by atoms with van der Waals surface area (Å²) in [4.78, 5) is 10.1. The fourth-order valence-electron chi connectivity index (χ4n) is 2.63. The van der Waals surface area contributed by atoms with Crippen molar-refractivity contribution in [3.63, 3.8) is 0 Å². The van der Waals surface area contributed by atoms with Crippen molar-refractivity contribution in [1.29, 1.82) is 0 Å². The van der Waals surface area contributed by atoms with Crippen molar-refractivity contribution in [1.82, 2.24) is 0 Å². The van der Waals surface area contributed by atoms with E-state index in [1.807, 2.05) is 0 Å². The quantitative estimate of drug-likeness (QED) is 0.515. The summed E-state index contributed by atoms with van der Waals surface area (Å²) >= 11 is 0. The minimum atomic E-state index is -4.29. The van der Waals surface area contributed by atoms with Crippen LogP contribution < -0.4 is 5.32 Å². The Labute approximate surface area is 118 Å². The fraction of sp³-hybridized carbons (Fsp3) is 0.538. The summed E-state index contributed by atoms with van der Waals surface area (Å²) in [5.74, 6) is -2.28. The first-order chi connectivity index (χ1) is 9.79. The van der Waals surface area contributed by atoms with Gasteiger partial charge >= 0.3 is 6.18 Å². The largest absolute Gasteiger partial charge is 0.391 e. The number of para-hydroxylation sites is 1.